The number of ether oxygens (including phenoxy) is 1. The molecule has 1 atom stereocenters. The van der Waals surface area contributed by atoms with Crippen molar-refractivity contribution in [2.75, 3.05) is 13.2 Å². The van der Waals surface area contributed by atoms with E-state index in [0.29, 0.717) is 4.83 Å². The van der Waals surface area contributed by atoms with Gasteiger partial charge in [0.25, 0.3) is 0 Å². The maximum Gasteiger partial charge on any atom is 0.0476 e. The number of aryl methyl sites for hydroxylation is 1. The highest BCUT2D eigenvalue weighted by molar-refractivity contribution is 9.09. The molecule has 0 N–H and O–H groups in total. The van der Waals surface area contributed by atoms with Crippen molar-refractivity contribution in [1.29, 1.82) is 0 Å². The Labute approximate surface area is 101 Å². The molecule has 0 aliphatic heterocycles. The number of hydrogen-bond donors (Lipinski definition) is 0. The summed E-state index contributed by atoms with van der Waals surface area (Å²) in [5, 5.41) is 0. The van der Waals surface area contributed by atoms with Crippen molar-refractivity contribution < 1.29 is 4.74 Å². The molecule has 0 radical (unpaired) electrons. The van der Waals surface area contributed by atoms with Crippen molar-refractivity contribution in [3.63, 3.8) is 0 Å². The third kappa shape index (κ3) is 4.80. The van der Waals surface area contributed by atoms with Crippen LogP contribution >= 0.6 is 15.9 Å². The van der Waals surface area contributed by atoms with E-state index in [1.54, 1.807) is 0 Å². The molecule has 1 rings (SSSR count). The molecule has 0 fully saturated rings. The van der Waals surface area contributed by atoms with Crippen LogP contribution in [0.25, 0.3) is 0 Å². The predicted molar refractivity (Wildman–Crippen MR) is 68.7 cm³/mol. The molecule has 2 heteroatoms. The molecule has 0 bridgehead atoms. The summed E-state index contributed by atoms with van der Waals surface area (Å²) in [6.45, 7) is 5.85. The van der Waals surface area contributed by atoms with Gasteiger partial charge in [0.15, 0.2) is 0 Å². The first kappa shape index (κ1) is 12.7. The highest BCUT2D eigenvalue weighted by Crippen LogP contribution is 2.16. The molecule has 0 aliphatic rings. The average molecular weight is 271 g/mol. The molecule has 0 spiro atoms. The SMILES string of the molecule is CCOCCC(Br)Cc1ccccc1C. The standard InChI is InChI=1S/C13H19BrO/c1-3-15-9-8-13(14)10-12-7-5-4-6-11(12)2/h4-7,13H,3,8-10H2,1-2H3. The van der Waals surface area contributed by atoms with Gasteiger partial charge in [-0.2, -0.15) is 0 Å². The van der Waals surface area contributed by atoms with Crippen LogP contribution in [0.15, 0.2) is 24.3 Å². The molecule has 0 amide bonds. The van der Waals surface area contributed by atoms with E-state index in [4.69, 9.17) is 4.74 Å². The van der Waals surface area contributed by atoms with E-state index < -0.39 is 0 Å². The molecule has 0 saturated carbocycles. The zero-order valence-electron chi connectivity index (χ0n) is 9.50. The van der Waals surface area contributed by atoms with Gasteiger partial charge in [-0.25, -0.2) is 0 Å². The molecule has 0 heterocycles. The van der Waals surface area contributed by atoms with E-state index in [1.807, 2.05) is 6.92 Å². The van der Waals surface area contributed by atoms with Crippen LogP contribution in [0.4, 0.5) is 0 Å². The van der Waals surface area contributed by atoms with Crippen LogP contribution < -0.4 is 0 Å². The Hall–Kier alpha value is -0.340. The van der Waals surface area contributed by atoms with Gasteiger partial charge in [0.2, 0.25) is 0 Å². The van der Waals surface area contributed by atoms with Gasteiger partial charge in [0, 0.05) is 18.0 Å². The summed E-state index contributed by atoms with van der Waals surface area (Å²) >= 11 is 3.70. The lowest BCUT2D eigenvalue weighted by Gasteiger charge is -2.11. The van der Waals surface area contributed by atoms with Crippen molar-refractivity contribution in [1.82, 2.24) is 0 Å². The summed E-state index contributed by atoms with van der Waals surface area (Å²) in [5.74, 6) is 0. The highest BCUT2D eigenvalue weighted by Gasteiger charge is 2.06. The van der Waals surface area contributed by atoms with E-state index in [-0.39, 0.29) is 0 Å². The minimum atomic E-state index is 0.519. The first-order chi connectivity index (χ1) is 7.24. The first-order valence-corrected chi connectivity index (χ1v) is 6.42. The highest BCUT2D eigenvalue weighted by atomic mass is 79.9. The maximum atomic E-state index is 5.34. The van der Waals surface area contributed by atoms with Crippen LogP contribution in [0, 0.1) is 6.92 Å². The van der Waals surface area contributed by atoms with E-state index in [2.05, 4.69) is 47.1 Å². The summed E-state index contributed by atoms with van der Waals surface area (Å²) in [4.78, 5) is 0.519. The second kappa shape index (κ2) is 7.02. The van der Waals surface area contributed by atoms with Crippen molar-refractivity contribution in [3.8, 4) is 0 Å². The van der Waals surface area contributed by atoms with E-state index >= 15 is 0 Å². The second-order valence-electron chi connectivity index (χ2n) is 3.71. The average Bonchev–Trinajstić information content (AvgIpc) is 2.22. The predicted octanol–water partition coefficient (Wildman–Crippen LogP) is 3.73. The number of alkyl halides is 1. The van der Waals surface area contributed by atoms with Gasteiger partial charge in [0.05, 0.1) is 0 Å². The first-order valence-electron chi connectivity index (χ1n) is 5.50. The summed E-state index contributed by atoms with van der Waals surface area (Å²) in [6, 6.07) is 8.55. The van der Waals surface area contributed by atoms with E-state index in [1.165, 1.54) is 11.1 Å². The Balaban J connectivity index is 2.37. The van der Waals surface area contributed by atoms with Crippen molar-refractivity contribution in [2.45, 2.75) is 31.5 Å². The monoisotopic (exact) mass is 270 g/mol. The molecule has 0 aromatic heterocycles. The molecular formula is C13H19BrO. The maximum absolute atomic E-state index is 5.34. The number of benzene rings is 1. The lowest BCUT2D eigenvalue weighted by Crippen LogP contribution is -2.08. The minimum absolute atomic E-state index is 0.519. The third-order valence-corrected chi connectivity index (χ3v) is 3.26. The Morgan fingerprint density at radius 2 is 2.07 bits per heavy atom. The molecule has 15 heavy (non-hydrogen) atoms. The molecule has 1 unspecified atom stereocenters. The second-order valence-corrected chi connectivity index (χ2v) is 5.01. The van der Waals surface area contributed by atoms with Gasteiger partial charge in [-0.1, -0.05) is 40.2 Å². The van der Waals surface area contributed by atoms with Crippen LogP contribution in [0.1, 0.15) is 24.5 Å². The van der Waals surface area contributed by atoms with Gasteiger partial charge >= 0.3 is 0 Å². The van der Waals surface area contributed by atoms with Crippen molar-refractivity contribution >= 4 is 15.9 Å². The summed E-state index contributed by atoms with van der Waals surface area (Å²) < 4.78 is 5.34. The molecule has 1 aromatic carbocycles. The molecule has 0 aliphatic carbocycles. The van der Waals surface area contributed by atoms with Crippen molar-refractivity contribution in [3.05, 3.63) is 35.4 Å². The molecule has 1 aromatic rings. The fourth-order valence-corrected chi connectivity index (χ4v) is 2.07. The molecule has 1 nitrogen and oxygen atoms in total. The van der Waals surface area contributed by atoms with Gasteiger partial charge < -0.3 is 4.74 Å². The van der Waals surface area contributed by atoms with Crippen LogP contribution in [0.2, 0.25) is 0 Å². The number of rotatable bonds is 6. The van der Waals surface area contributed by atoms with Gasteiger partial charge in [0.1, 0.15) is 0 Å². The zero-order valence-corrected chi connectivity index (χ0v) is 11.1. The summed E-state index contributed by atoms with van der Waals surface area (Å²) in [6.07, 6.45) is 2.15. The normalized spacial score (nSPS) is 12.7. The van der Waals surface area contributed by atoms with Crippen LogP contribution in [0.3, 0.4) is 0 Å². The fraction of sp³-hybridized carbons (Fsp3) is 0.538. The summed E-state index contributed by atoms with van der Waals surface area (Å²) in [7, 11) is 0. The lowest BCUT2D eigenvalue weighted by atomic mass is 10.0. The van der Waals surface area contributed by atoms with Gasteiger partial charge in [-0.3, -0.25) is 0 Å². The van der Waals surface area contributed by atoms with Gasteiger partial charge in [-0.15, -0.1) is 0 Å². The quantitative estimate of drug-likeness (QED) is 0.566. The van der Waals surface area contributed by atoms with E-state index in [0.717, 1.165) is 26.1 Å². The Kier molecular flexibility index (Phi) is 5.96. The third-order valence-electron chi connectivity index (χ3n) is 2.48. The number of hydrogen-bond acceptors (Lipinski definition) is 1. The topological polar surface area (TPSA) is 9.23 Å². The number of halogens is 1. The molecule has 84 valence electrons. The smallest absolute Gasteiger partial charge is 0.0476 e. The van der Waals surface area contributed by atoms with Crippen molar-refractivity contribution in [2.24, 2.45) is 0 Å². The van der Waals surface area contributed by atoms with Crippen LogP contribution in [-0.4, -0.2) is 18.0 Å². The Morgan fingerprint density at radius 1 is 1.33 bits per heavy atom. The molecule has 0 saturated heterocycles. The largest absolute Gasteiger partial charge is 0.382 e. The lowest BCUT2D eigenvalue weighted by molar-refractivity contribution is 0.145. The van der Waals surface area contributed by atoms with E-state index in [9.17, 15) is 0 Å². The van der Waals surface area contributed by atoms with Gasteiger partial charge in [-0.05, 0) is 37.8 Å². The summed E-state index contributed by atoms with van der Waals surface area (Å²) in [5.41, 5.74) is 2.80. The minimum Gasteiger partial charge on any atom is -0.382 e. The molecular weight excluding hydrogens is 252 g/mol. The zero-order chi connectivity index (χ0) is 11.1. The Morgan fingerprint density at radius 3 is 2.73 bits per heavy atom. The fourth-order valence-electron chi connectivity index (χ4n) is 1.54. The van der Waals surface area contributed by atoms with Crippen LogP contribution in [0.5, 0.6) is 0 Å². The van der Waals surface area contributed by atoms with Crippen LogP contribution in [-0.2, 0) is 11.2 Å². The Bertz CT molecular complexity index is 286.